The maximum Gasteiger partial charge on any atom is 0.327 e. The van der Waals surface area contributed by atoms with E-state index >= 15 is 0 Å². The average Bonchev–Trinajstić information content (AvgIpc) is 3.34. The summed E-state index contributed by atoms with van der Waals surface area (Å²) in [6, 6.07) is 19.3. The third-order valence-electron chi connectivity index (χ3n) is 7.19. The number of rotatable bonds is 6. The van der Waals surface area contributed by atoms with Gasteiger partial charge in [-0.2, -0.15) is 5.26 Å². The van der Waals surface area contributed by atoms with Crippen LogP contribution in [0, 0.1) is 11.3 Å². The first kappa shape index (κ1) is 25.7. The lowest BCUT2D eigenvalue weighted by Crippen LogP contribution is -2.53. The summed E-state index contributed by atoms with van der Waals surface area (Å²) in [6.07, 6.45) is 2.97. The van der Waals surface area contributed by atoms with E-state index in [-0.39, 0.29) is 30.3 Å². The molecule has 3 aliphatic heterocycles. The molecule has 2 aromatic carbocycles. The molecule has 11 heteroatoms. The zero-order valence-electron chi connectivity index (χ0n) is 21.4. The van der Waals surface area contributed by atoms with Gasteiger partial charge in [0, 0.05) is 30.9 Å². The zero-order valence-corrected chi connectivity index (χ0v) is 22.3. The maximum absolute atomic E-state index is 13.4. The summed E-state index contributed by atoms with van der Waals surface area (Å²) in [6.45, 7) is 0.951. The van der Waals surface area contributed by atoms with Crippen molar-refractivity contribution in [3.63, 3.8) is 0 Å². The number of hydrogen-bond donors (Lipinski definition) is 2. The summed E-state index contributed by atoms with van der Waals surface area (Å²) in [4.78, 5) is 46.8. The molecule has 0 spiro atoms. The van der Waals surface area contributed by atoms with E-state index in [9.17, 15) is 14.4 Å². The second-order valence-electron chi connectivity index (χ2n) is 9.78. The number of piperidine rings is 1. The lowest BCUT2D eigenvalue weighted by Gasteiger charge is -2.35. The minimum Gasteiger partial charge on any atom is -0.457 e. The summed E-state index contributed by atoms with van der Waals surface area (Å²) in [5.41, 5.74) is 2.16. The fourth-order valence-electron chi connectivity index (χ4n) is 5.35. The predicted octanol–water partition coefficient (Wildman–Crippen LogP) is 4.27. The summed E-state index contributed by atoms with van der Waals surface area (Å²) >= 11 is 1.33. The Kier molecular flexibility index (Phi) is 7.00. The molecule has 10 nitrogen and oxygen atoms in total. The second kappa shape index (κ2) is 10.9. The number of hydrogen-bond acceptors (Lipinski definition) is 7. The minimum atomic E-state index is -0.596. The first-order valence-corrected chi connectivity index (χ1v) is 13.9. The SMILES string of the molecule is N#CCC(=O)N1CCCC(NC(=O)[C@@H]2Sc3nccc4c3C2NC(=O)N4c2ccc(Oc3ccccc3)cc2)C1. The lowest BCUT2D eigenvalue weighted by atomic mass is 9.99. The van der Waals surface area contributed by atoms with Gasteiger partial charge in [0.2, 0.25) is 11.8 Å². The van der Waals surface area contributed by atoms with Crippen LogP contribution in [0.1, 0.15) is 30.9 Å². The number of urea groups is 1. The van der Waals surface area contributed by atoms with E-state index in [4.69, 9.17) is 10.00 Å². The molecular weight excluding hydrogens is 528 g/mol. The van der Waals surface area contributed by atoms with Crippen molar-refractivity contribution < 1.29 is 19.1 Å². The number of thioether (sulfide) groups is 1. The molecule has 3 atom stereocenters. The van der Waals surface area contributed by atoms with Crippen LogP contribution in [0.2, 0.25) is 0 Å². The molecule has 1 aromatic heterocycles. The van der Waals surface area contributed by atoms with Crippen molar-refractivity contribution in [1.29, 1.82) is 5.26 Å². The standard InChI is InChI=1S/C29H26N6O4S/c30-14-12-23(36)34-16-4-5-18(17-34)32-27(37)26-25-24-22(13-15-31-28(24)40-26)35(29(38)33-25)19-8-10-21(11-9-19)39-20-6-2-1-3-7-20/h1-3,6-11,13,15,18,25-26H,4-5,12,16-17H2,(H,32,37)(H,33,38)/t18?,25?,26-/m1/s1. The van der Waals surface area contributed by atoms with Crippen LogP contribution in [0.5, 0.6) is 11.5 Å². The molecule has 1 fully saturated rings. The van der Waals surface area contributed by atoms with Gasteiger partial charge >= 0.3 is 6.03 Å². The molecule has 0 saturated carbocycles. The maximum atomic E-state index is 13.4. The van der Waals surface area contributed by atoms with Crippen molar-refractivity contribution in [2.24, 2.45) is 0 Å². The lowest BCUT2D eigenvalue weighted by molar-refractivity contribution is -0.132. The average molecular weight is 555 g/mol. The fraction of sp³-hybridized carbons (Fsp3) is 0.276. The largest absolute Gasteiger partial charge is 0.457 e. The number of pyridine rings is 1. The summed E-state index contributed by atoms with van der Waals surface area (Å²) in [7, 11) is 0. The van der Waals surface area contributed by atoms with E-state index in [1.165, 1.54) is 11.8 Å². The van der Waals surface area contributed by atoms with Crippen LogP contribution in [-0.4, -0.2) is 52.1 Å². The number of amides is 4. The molecule has 202 valence electrons. The van der Waals surface area contributed by atoms with Gasteiger partial charge < -0.3 is 20.3 Å². The normalized spacial score (nSPS) is 21.2. The number of nitrogens with zero attached hydrogens (tertiary/aromatic N) is 4. The number of ether oxygens (including phenoxy) is 1. The van der Waals surface area contributed by atoms with Crippen molar-refractivity contribution in [3.8, 4) is 17.6 Å². The second-order valence-corrected chi connectivity index (χ2v) is 10.9. The van der Waals surface area contributed by atoms with Crippen LogP contribution in [0.25, 0.3) is 0 Å². The van der Waals surface area contributed by atoms with Crippen molar-refractivity contribution in [2.45, 2.75) is 41.6 Å². The quantitative estimate of drug-likeness (QED) is 0.466. The van der Waals surface area contributed by atoms with Gasteiger partial charge in [0.25, 0.3) is 0 Å². The van der Waals surface area contributed by atoms with E-state index in [1.807, 2.05) is 60.7 Å². The predicted molar refractivity (Wildman–Crippen MR) is 148 cm³/mol. The molecule has 0 bridgehead atoms. The van der Waals surface area contributed by atoms with Crippen LogP contribution in [0.3, 0.4) is 0 Å². The Balaban J connectivity index is 1.19. The van der Waals surface area contributed by atoms with E-state index in [1.54, 1.807) is 22.1 Å². The third-order valence-corrected chi connectivity index (χ3v) is 8.48. The Morgan fingerprint density at radius 2 is 1.90 bits per heavy atom. The van der Waals surface area contributed by atoms with Gasteiger partial charge in [0.1, 0.15) is 28.2 Å². The number of nitrogens with one attached hydrogen (secondary N) is 2. The molecule has 0 radical (unpaired) electrons. The number of carbonyl (C=O) groups excluding carboxylic acids is 3. The fourth-order valence-corrected chi connectivity index (χ4v) is 6.59. The Bertz CT molecular complexity index is 1490. The summed E-state index contributed by atoms with van der Waals surface area (Å²) in [5.74, 6) is 0.928. The van der Waals surface area contributed by atoms with Gasteiger partial charge in [-0.1, -0.05) is 30.0 Å². The van der Waals surface area contributed by atoms with Crippen LogP contribution in [0.4, 0.5) is 16.2 Å². The highest BCUT2D eigenvalue weighted by atomic mass is 32.2. The number of anilines is 2. The molecule has 2 N–H and O–H groups in total. The van der Waals surface area contributed by atoms with Crippen LogP contribution >= 0.6 is 11.8 Å². The molecule has 0 aliphatic carbocycles. The van der Waals surface area contributed by atoms with E-state index in [2.05, 4.69) is 15.6 Å². The Morgan fingerprint density at radius 3 is 2.67 bits per heavy atom. The number of para-hydroxylation sites is 1. The van der Waals surface area contributed by atoms with Crippen LogP contribution in [0.15, 0.2) is 71.9 Å². The van der Waals surface area contributed by atoms with Crippen LogP contribution in [-0.2, 0) is 9.59 Å². The molecule has 2 unspecified atom stereocenters. The van der Waals surface area contributed by atoms with Gasteiger partial charge in [0.15, 0.2) is 0 Å². The molecule has 3 aliphatic rings. The highest BCUT2D eigenvalue weighted by Crippen LogP contribution is 2.50. The number of benzene rings is 2. The van der Waals surface area contributed by atoms with Crippen molar-refractivity contribution in [2.75, 3.05) is 18.0 Å². The molecular formula is C29H26N6O4S. The Morgan fingerprint density at radius 1 is 1.12 bits per heavy atom. The Hall–Kier alpha value is -4.56. The number of aromatic nitrogens is 1. The van der Waals surface area contributed by atoms with Crippen molar-refractivity contribution in [1.82, 2.24) is 20.5 Å². The van der Waals surface area contributed by atoms with Gasteiger partial charge in [-0.25, -0.2) is 9.78 Å². The van der Waals surface area contributed by atoms with Gasteiger partial charge in [-0.05, 0) is 55.3 Å². The van der Waals surface area contributed by atoms with Crippen molar-refractivity contribution in [3.05, 3.63) is 72.4 Å². The Labute approximate surface area is 235 Å². The molecule has 4 amide bonds. The molecule has 4 heterocycles. The molecule has 3 aromatic rings. The van der Waals surface area contributed by atoms with Gasteiger partial charge in [-0.15, -0.1) is 0 Å². The number of carbonyl (C=O) groups is 3. The topological polar surface area (TPSA) is 128 Å². The first-order chi connectivity index (χ1) is 19.5. The summed E-state index contributed by atoms with van der Waals surface area (Å²) in [5, 5.41) is 15.1. The molecule has 6 rings (SSSR count). The minimum absolute atomic E-state index is 0.170. The highest BCUT2D eigenvalue weighted by molar-refractivity contribution is 8.01. The van der Waals surface area contributed by atoms with Gasteiger partial charge in [0.05, 0.1) is 23.5 Å². The first-order valence-electron chi connectivity index (χ1n) is 13.1. The van der Waals surface area contributed by atoms with E-state index in [0.717, 1.165) is 24.2 Å². The van der Waals surface area contributed by atoms with E-state index in [0.29, 0.717) is 35.2 Å². The smallest absolute Gasteiger partial charge is 0.327 e. The third kappa shape index (κ3) is 4.94. The summed E-state index contributed by atoms with van der Waals surface area (Å²) < 4.78 is 5.88. The van der Waals surface area contributed by atoms with E-state index < -0.39 is 11.3 Å². The van der Waals surface area contributed by atoms with Crippen molar-refractivity contribution >= 4 is 41.0 Å². The highest BCUT2D eigenvalue weighted by Gasteiger charge is 2.47. The zero-order chi connectivity index (χ0) is 27.6. The molecule has 1 saturated heterocycles. The number of nitriles is 1. The van der Waals surface area contributed by atoms with Gasteiger partial charge in [-0.3, -0.25) is 14.5 Å². The molecule has 40 heavy (non-hydrogen) atoms. The van der Waals surface area contributed by atoms with Crippen LogP contribution < -0.4 is 20.3 Å². The monoisotopic (exact) mass is 554 g/mol. The number of likely N-dealkylation sites (tertiary alicyclic amines) is 1.